The molecular weight excluding hydrogens is 548 g/mol. The van der Waals surface area contributed by atoms with Crippen molar-refractivity contribution < 1.29 is 48.7 Å². The van der Waals surface area contributed by atoms with Gasteiger partial charge >= 0.3 is 11.9 Å². The smallest absolute Gasteiger partial charge is 0.312 e. The number of aliphatic hydroxyl groups excluding tert-OH is 2. The first kappa shape index (κ1) is 29.8. The highest BCUT2D eigenvalue weighted by Crippen LogP contribution is 2.69. The van der Waals surface area contributed by atoms with E-state index < -0.39 is 53.1 Å². The third-order valence-corrected chi connectivity index (χ3v) is 9.24. The molecule has 42 heavy (non-hydrogen) atoms. The van der Waals surface area contributed by atoms with Crippen LogP contribution in [0.3, 0.4) is 0 Å². The van der Waals surface area contributed by atoms with Gasteiger partial charge < -0.3 is 40.2 Å². The summed E-state index contributed by atoms with van der Waals surface area (Å²) >= 11 is 0. The van der Waals surface area contributed by atoms with Crippen LogP contribution < -0.4 is 15.4 Å². The zero-order valence-electron chi connectivity index (χ0n) is 24.0. The Bertz CT molecular complexity index is 1320. The summed E-state index contributed by atoms with van der Waals surface area (Å²) < 4.78 is 18.7. The van der Waals surface area contributed by atoms with Crippen LogP contribution in [0.1, 0.15) is 64.0 Å². The summed E-state index contributed by atoms with van der Waals surface area (Å²) in [5, 5.41) is 34.6. The first-order chi connectivity index (χ1) is 19.9. The van der Waals surface area contributed by atoms with E-state index in [2.05, 4.69) is 17.6 Å². The molecule has 0 radical (unpaired) electrons. The van der Waals surface area contributed by atoms with E-state index in [0.717, 1.165) is 17.5 Å². The van der Waals surface area contributed by atoms with Crippen LogP contribution in [-0.2, 0) is 40.5 Å². The summed E-state index contributed by atoms with van der Waals surface area (Å²) in [4.78, 5) is 49.6. The van der Waals surface area contributed by atoms with Gasteiger partial charge in [0.05, 0.1) is 18.3 Å². The Kier molecular flexibility index (Phi) is 7.97. The highest BCUT2D eigenvalue weighted by Gasteiger charge is 2.74. The topological polar surface area (TPSA) is 181 Å². The van der Waals surface area contributed by atoms with Gasteiger partial charge in [0.2, 0.25) is 11.8 Å². The van der Waals surface area contributed by atoms with Crippen molar-refractivity contribution in [3.05, 3.63) is 35.1 Å². The molecule has 1 heterocycles. The molecule has 12 nitrogen and oxygen atoms in total. The molecule has 1 saturated carbocycles. The second-order valence-corrected chi connectivity index (χ2v) is 11.8. The monoisotopic (exact) mass is 586 g/mol. The van der Waals surface area contributed by atoms with E-state index in [9.17, 15) is 34.5 Å². The number of benzene rings is 1. The summed E-state index contributed by atoms with van der Waals surface area (Å²) in [6.07, 6.45) is 0.451. The number of phenolic OH excluding ortho intramolecular Hbond substituents is 1. The minimum atomic E-state index is -1.20. The van der Waals surface area contributed by atoms with Gasteiger partial charge in [-0.15, -0.1) is 0 Å². The van der Waals surface area contributed by atoms with E-state index in [1.807, 2.05) is 6.07 Å². The summed E-state index contributed by atoms with van der Waals surface area (Å²) in [6.45, 7) is 4.77. The zero-order chi connectivity index (χ0) is 30.4. The number of phenols is 1. The molecule has 1 unspecified atom stereocenters. The largest absolute Gasteiger partial charge is 0.504 e. The van der Waals surface area contributed by atoms with E-state index in [4.69, 9.17) is 14.2 Å². The standard InChI is InChI=1S/C30H38N2O10/c1-15-6-10-29-24-18-4-5-20(35)25(24)41-26(29)21(40-22(36)8-12-31-27(38)16(2)33)7-11-30(29,19(15)14-18)42-23(37)9-13-32-28(39)17(3)34/h4-5,7,15-17,19,26,33-35H,6,8-14H2,1-3H3,(H,31,38)(H,32,39)/t15?,16-,17-,19-,26-,29-,30+/m0/s1. The molecule has 2 bridgehead atoms. The van der Waals surface area contributed by atoms with Crippen molar-refractivity contribution in [2.45, 2.75) is 88.6 Å². The number of aromatic hydroxyl groups is 1. The van der Waals surface area contributed by atoms with Gasteiger partial charge in [-0.3, -0.25) is 19.2 Å². The quantitative estimate of drug-likeness (QED) is 0.247. The number of hydrogen-bond donors (Lipinski definition) is 5. The van der Waals surface area contributed by atoms with Gasteiger partial charge in [0.1, 0.15) is 23.6 Å². The second-order valence-electron chi connectivity index (χ2n) is 11.8. The number of carbonyl (C=O) groups is 4. The van der Waals surface area contributed by atoms with Crippen molar-refractivity contribution in [3.63, 3.8) is 0 Å². The van der Waals surface area contributed by atoms with Gasteiger partial charge in [0.15, 0.2) is 17.6 Å². The van der Waals surface area contributed by atoms with Gasteiger partial charge in [-0.05, 0) is 56.7 Å². The van der Waals surface area contributed by atoms with Crippen LogP contribution in [0, 0.1) is 11.8 Å². The fourth-order valence-corrected chi connectivity index (χ4v) is 7.30. The van der Waals surface area contributed by atoms with E-state index in [-0.39, 0.29) is 55.7 Å². The van der Waals surface area contributed by atoms with Crippen LogP contribution >= 0.6 is 0 Å². The van der Waals surface area contributed by atoms with Gasteiger partial charge in [0.25, 0.3) is 0 Å². The first-order valence-electron chi connectivity index (χ1n) is 14.5. The van der Waals surface area contributed by atoms with Crippen LogP contribution in [0.25, 0.3) is 0 Å². The Balaban J connectivity index is 1.46. The van der Waals surface area contributed by atoms with Gasteiger partial charge in [-0.2, -0.15) is 0 Å². The third kappa shape index (κ3) is 4.80. The lowest BCUT2D eigenvalue weighted by Crippen LogP contribution is -2.70. The molecular formula is C30H38N2O10. The van der Waals surface area contributed by atoms with Gasteiger partial charge in [-0.1, -0.05) is 13.0 Å². The normalized spacial score (nSPS) is 29.6. The maximum Gasteiger partial charge on any atom is 0.312 e. The minimum absolute atomic E-state index is 0.00127. The van der Waals surface area contributed by atoms with E-state index in [0.29, 0.717) is 18.6 Å². The molecule has 228 valence electrons. The van der Waals surface area contributed by atoms with Crippen molar-refractivity contribution in [2.75, 3.05) is 13.1 Å². The summed E-state index contributed by atoms with van der Waals surface area (Å²) in [7, 11) is 0. The molecule has 0 saturated heterocycles. The van der Waals surface area contributed by atoms with Gasteiger partial charge in [-0.25, -0.2) is 0 Å². The van der Waals surface area contributed by atoms with Crippen molar-refractivity contribution in [3.8, 4) is 11.5 Å². The maximum absolute atomic E-state index is 13.3. The summed E-state index contributed by atoms with van der Waals surface area (Å²) in [5.41, 5.74) is -0.203. The molecule has 12 heteroatoms. The van der Waals surface area contributed by atoms with E-state index in [1.165, 1.54) is 13.8 Å². The van der Waals surface area contributed by atoms with Crippen molar-refractivity contribution in [2.24, 2.45) is 11.8 Å². The predicted octanol–water partition coefficient (Wildman–Crippen LogP) is 0.880. The molecule has 3 aliphatic carbocycles. The molecule has 1 spiro atoms. The second kappa shape index (κ2) is 11.2. The Labute approximate surface area is 243 Å². The lowest BCUT2D eigenvalue weighted by atomic mass is 9.44. The molecule has 7 atom stereocenters. The first-order valence-corrected chi connectivity index (χ1v) is 14.5. The fourth-order valence-electron chi connectivity index (χ4n) is 7.30. The number of amides is 2. The van der Waals surface area contributed by atoms with Crippen molar-refractivity contribution in [1.29, 1.82) is 0 Å². The number of aliphatic hydroxyl groups is 2. The highest BCUT2D eigenvalue weighted by molar-refractivity contribution is 5.81. The minimum Gasteiger partial charge on any atom is -0.504 e. The highest BCUT2D eigenvalue weighted by atomic mass is 16.6. The van der Waals surface area contributed by atoms with E-state index >= 15 is 0 Å². The number of nitrogens with one attached hydrogen (secondary N) is 2. The van der Waals surface area contributed by atoms with Crippen LogP contribution in [-0.4, -0.2) is 76.1 Å². The van der Waals surface area contributed by atoms with E-state index in [1.54, 1.807) is 12.1 Å². The predicted molar refractivity (Wildman–Crippen MR) is 146 cm³/mol. The zero-order valence-corrected chi connectivity index (χ0v) is 24.0. The molecule has 1 aromatic rings. The van der Waals surface area contributed by atoms with Crippen molar-refractivity contribution in [1.82, 2.24) is 10.6 Å². The number of esters is 2. The van der Waals surface area contributed by atoms with Crippen LogP contribution in [0.2, 0.25) is 0 Å². The summed E-state index contributed by atoms with van der Waals surface area (Å²) in [5.74, 6) is -1.70. The molecule has 1 fully saturated rings. The molecule has 5 N–H and O–H groups in total. The average Bonchev–Trinajstić information content (AvgIpc) is 3.29. The summed E-state index contributed by atoms with van der Waals surface area (Å²) in [6, 6.07) is 3.46. The molecule has 4 aliphatic rings. The maximum atomic E-state index is 13.3. The van der Waals surface area contributed by atoms with Crippen LogP contribution in [0.4, 0.5) is 0 Å². The Hall–Kier alpha value is -3.64. The Morgan fingerprint density at radius 1 is 1.05 bits per heavy atom. The molecule has 1 aromatic carbocycles. The van der Waals surface area contributed by atoms with Crippen molar-refractivity contribution >= 4 is 23.8 Å². The lowest BCUT2D eigenvalue weighted by Gasteiger charge is -2.62. The molecule has 0 aromatic heterocycles. The number of carbonyl (C=O) groups excluding carboxylic acids is 4. The fraction of sp³-hybridized carbons (Fsp3) is 0.600. The Morgan fingerprint density at radius 2 is 1.69 bits per heavy atom. The number of ether oxygens (including phenoxy) is 3. The molecule has 1 aliphatic heterocycles. The van der Waals surface area contributed by atoms with Crippen LogP contribution in [0.15, 0.2) is 24.0 Å². The molecule has 5 rings (SSSR count). The number of hydrogen-bond acceptors (Lipinski definition) is 10. The third-order valence-electron chi connectivity index (χ3n) is 9.24. The lowest BCUT2D eigenvalue weighted by molar-refractivity contribution is -0.208. The Morgan fingerprint density at radius 3 is 2.33 bits per heavy atom. The SMILES string of the molecule is CC1CC[C@]23c4c5ccc(O)c4O[C@H]2C(OC(=O)CCNC(=O)[C@H](C)O)=CC[C@@]3(OC(=O)CCNC(=O)[C@H](C)O)[C@H]1C5. The molecule has 2 amide bonds. The van der Waals surface area contributed by atoms with Crippen LogP contribution in [0.5, 0.6) is 11.5 Å². The average molecular weight is 587 g/mol. The van der Waals surface area contributed by atoms with Gasteiger partial charge in [0, 0.05) is 31.0 Å². The number of rotatable bonds is 10.